The molecule has 0 N–H and O–H groups in total. The molecule has 0 amide bonds. The van der Waals surface area contributed by atoms with Crippen molar-refractivity contribution >= 4 is 0 Å². The van der Waals surface area contributed by atoms with E-state index in [4.69, 9.17) is 4.74 Å². The smallest absolute Gasteiger partial charge is 0.119 e. The number of piperidine rings is 1. The quantitative estimate of drug-likeness (QED) is 0.479. The fourth-order valence-corrected chi connectivity index (χ4v) is 3.47. The summed E-state index contributed by atoms with van der Waals surface area (Å²) in [5.41, 5.74) is 1.65. The van der Waals surface area contributed by atoms with Gasteiger partial charge in [0.25, 0.3) is 0 Å². The second-order valence-corrected chi connectivity index (χ2v) is 8.55. The van der Waals surface area contributed by atoms with E-state index in [1.165, 1.54) is 63.7 Å². The first kappa shape index (κ1) is 20.3. The minimum Gasteiger partial charge on any atom is -0.494 e. The van der Waals surface area contributed by atoms with Gasteiger partial charge < -0.3 is 9.64 Å². The lowest BCUT2D eigenvalue weighted by atomic mass is 9.82. The molecule has 1 fully saturated rings. The molecule has 142 valence electrons. The predicted molar refractivity (Wildman–Crippen MR) is 109 cm³/mol. The van der Waals surface area contributed by atoms with Crippen LogP contribution >= 0.6 is 0 Å². The highest BCUT2D eigenvalue weighted by atomic mass is 16.5. The van der Waals surface area contributed by atoms with Gasteiger partial charge in [-0.15, -0.1) is 0 Å². The molecule has 0 saturated carbocycles. The van der Waals surface area contributed by atoms with Crippen molar-refractivity contribution in [2.24, 2.45) is 5.92 Å². The van der Waals surface area contributed by atoms with Crippen molar-refractivity contribution in [2.45, 2.75) is 78.1 Å². The average Bonchev–Trinajstić information content (AvgIpc) is 2.63. The Balaban J connectivity index is 1.53. The second-order valence-electron chi connectivity index (χ2n) is 8.55. The highest BCUT2D eigenvalue weighted by molar-refractivity contribution is 5.31. The molecule has 2 heteroatoms. The van der Waals surface area contributed by atoms with Crippen molar-refractivity contribution in [1.82, 2.24) is 4.90 Å². The number of benzene rings is 1. The number of unbranched alkanes of at least 4 members (excludes halogenated alkanes) is 3. The first-order chi connectivity index (χ1) is 12.0. The zero-order valence-electron chi connectivity index (χ0n) is 17.0. The molecule has 0 atom stereocenters. The van der Waals surface area contributed by atoms with Crippen LogP contribution in [0.2, 0.25) is 0 Å². The summed E-state index contributed by atoms with van der Waals surface area (Å²) in [5.74, 6) is 1.95. The van der Waals surface area contributed by atoms with Crippen molar-refractivity contribution in [2.75, 3.05) is 26.2 Å². The summed E-state index contributed by atoms with van der Waals surface area (Å²) >= 11 is 0. The van der Waals surface area contributed by atoms with E-state index in [0.717, 1.165) is 24.7 Å². The monoisotopic (exact) mass is 345 g/mol. The largest absolute Gasteiger partial charge is 0.494 e. The Kier molecular flexibility index (Phi) is 8.29. The van der Waals surface area contributed by atoms with Crippen LogP contribution in [0.25, 0.3) is 0 Å². The molecule has 25 heavy (non-hydrogen) atoms. The van der Waals surface area contributed by atoms with E-state index in [1.54, 1.807) is 0 Å². The van der Waals surface area contributed by atoms with Gasteiger partial charge in [0.05, 0.1) is 6.61 Å². The van der Waals surface area contributed by atoms with Crippen LogP contribution in [0.15, 0.2) is 24.3 Å². The molecule has 0 unspecified atom stereocenters. The molecule has 0 bridgehead atoms. The summed E-state index contributed by atoms with van der Waals surface area (Å²) in [6.07, 6.45) is 9.06. The van der Waals surface area contributed by atoms with Gasteiger partial charge in [-0.2, -0.15) is 0 Å². The molecular formula is C23H39NO. The van der Waals surface area contributed by atoms with Crippen LogP contribution in [0.4, 0.5) is 0 Å². The number of rotatable bonds is 10. The lowest BCUT2D eigenvalue weighted by Crippen LogP contribution is -2.33. The summed E-state index contributed by atoms with van der Waals surface area (Å²) < 4.78 is 5.91. The summed E-state index contributed by atoms with van der Waals surface area (Å²) in [6.45, 7) is 14.0. The minimum absolute atomic E-state index is 0.255. The Morgan fingerprint density at radius 1 is 1.00 bits per heavy atom. The van der Waals surface area contributed by atoms with E-state index in [1.807, 2.05) is 0 Å². The van der Waals surface area contributed by atoms with Gasteiger partial charge in [0.1, 0.15) is 5.75 Å². The molecule has 0 aromatic heterocycles. The van der Waals surface area contributed by atoms with Crippen molar-refractivity contribution in [3.63, 3.8) is 0 Å². The Hall–Kier alpha value is -1.02. The van der Waals surface area contributed by atoms with Crippen LogP contribution in [-0.4, -0.2) is 31.1 Å². The summed E-state index contributed by atoms with van der Waals surface area (Å²) in [7, 11) is 0. The number of nitrogens with zero attached hydrogens (tertiary/aromatic N) is 1. The topological polar surface area (TPSA) is 12.5 Å². The zero-order valence-corrected chi connectivity index (χ0v) is 17.0. The number of hydrogen-bond acceptors (Lipinski definition) is 2. The van der Waals surface area contributed by atoms with Crippen molar-refractivity contribution in [1.29, 1.82) is 0 Å². The summed E-state index contributed by atoms with van der Waals surface area (Å²) in [6, 6.07) is 8.70. The molecule has 1 heterocycles. The molecule has 0 spiro atoms. The van der Waals surface area contributed by atoms with E-state index in [-0.39, 0.29) is 5.41 Å². The highest BCUT2D eigenvalue weighted by Gasteiger charge is 2.17. The molecule has 0 radical (unpaired) electrons. The molecule has 1 aromatic rings. The third-order valence-corrected chi connectivity index (χ3v) is 6.03. The maximum absolute atomic E-state index is 5.91. The Morgan fingerprint density at radius 2 is 1.64 bits per heavy atom. The van der Waals surface area contributed by atoms with Crippen LogP contribution in [0.1, 0.15) is 78.2 Å². The molecule has 1 aliphatic heterocycles. The first-order valence-corrected chi connectivity index (χ1v) is 10.5. The molecule has 1 aliphatic rings. The molecular weight excluding hydrogens is 306 g/mol. The zero-order chi connectivity index (χ0) is 18.1. The maximum Gasteiger partial charge on any atom is 0.119 e. The fraction of sp³-hybridized carbons (Fsp3) is 0.739. The normalized spacial score (nSPS) is 17.0. The Labute approximate surface area is 156 Å². The number of hydrogen-bond donors (Lipinski definition) is 0. The highest BCUT2D eigenvalue weighted by Crippen LogP contribution is 2.28. The van der Waals surface area contributed by atoms with Crippen molar-refractivity contribution in [3.05, 3.63) is 29.8 Å². The molecule has 2 nitrogen and oxygen atoms in total. The lowest BCUT2D eigenvalue weighted by Gasteiger charge is -2.30. The molecule has 2 rings (SSSR count). The van der Waals surface area contributed by atoms with Gasteiger partial charge in [-0.1, -0.05) is 52.7 Å². The number of ether oxygens (including phenoxy) is 1. The first-order valence-electron chi connectivity index (χ1n) is 10.5. The van der Waals surface area contributed by atoms with Gasteiger partial charge in [-0.05, 0) is 80.8 Å². The van der Waals surface area contributed by atoms with Crippen LogP contribution in [0, 0.1) is 5.92 Å². The molecule has 1 saturated heterocycles. The van der Waals surface area contributed by atoms with Gasteiger partial charge >= 0.3 is 0 Å². The van der Waals surface area contributed by atoms with Crippen molar-refractivity contribution < 1.29 is 4.74 Å². The minimum atomic E-state index is 0.255. The summed E-state index contributed by atoms with van der Waals surface area (Å²) in [4.78, 5) is 2.65. The van der Waals surface area contributed by atoms with Crippen LogP contribution in [0.3, 0.4) is 0 Å². The predicted octanol–water partition coefficient (Wildman–Crippen LogP) is 6.05. The van der Waals surface area contributed by atoms with E-state index in [9.17, 15) is 0 Å². The molecule has 0 aliphatic carbocycles. The second kappa shape index (κ2) is 10.2. The van der Waals surface area contributed by atoms with Gasteiger partial charge in [-0.25, -0.2) is 0 Å². The standard InChI is InChI=1S/C23H39NO/c1-5-23(3,4)21-10-12-22(13-11-21)25-19-9-7-6-8-16-24-17-14-20(2)15-18-24/h10-13,20H,5-9,14-19H2,1-4H3. The van der Waals surface area contributed by atoms with Crippen LogP contribution < -0.4 is 4.74 Å². The van der Waals surface area contributed by atoms with Gasteiger partial charge in [-0.3, -0.25) is 0 Å². The number of likely N-dealkylation sites (tertiary alicyclic amines) is 1. The third kappa shape index (κ3) is 7.01. The average molecular weight is 346 g/mol. The van der Waals surface area contributed by atoms with E-state index in [2.05, 4.69) is 56.9 Å². The van der Waals surface area contributed by atoms with E-state index in [0.29, 0.717) is 0 Å². The Morgan fingerprint density at radius 3 is 2.28 bits per heavy atom. The van der Waals surface area contributed by atoms with Gasteiger partial charge in [0.15, 0.2) is 0 Å². The third-order valence-electron chi connectivity index (χ3n) is 6.03. The van der Waals surface area contributed by atoms with Crippen LogP contribution in [-0.2, 0) is 5.41 Å². The van der Waals surface area contributed by atoms with Gasteiger partial charge in [0.2, 0.25) is 0 Å². The SMILES string of the molecule is CCC(C)(C)c1ccc(OCCCCCCN2CCC(C)CC2)cc1. The molecule has 1 aromatic carbocycles. The summed E-state index contributed by atoms with van der Waals surface area (Å²) in [5, 5.41) is 0. The maximum atomic E-state index is 5.91. The lowest BCUT2D eigenvalue weighted by molar-refractivity contribution is 0.188. The van der Waals surface area contributed by atoms with Crippen LogP contribution in [0.5, 0.6) is 5.75 Å². The van der Waals surface area contributed by atoms with E-state index >= 15 is 0 Å². The van der Waals surface area contributed by atoms with E-state index < -0.39 is 0 Å². The Bertz CT molecular complexity index is 471. The van der Waals surface area contributed by atoms with Crippen molar-refractivity contribution in [3.8, 4) is 5.75 Å². The fourth-order valence-electron chi connectivity index (χ4n) is 3.47. The van der Waals surface area contributed by atoms with Gasteiger partial charge in [0, 0.05) is 0 Å².